The zero-order valence-electron chi connectivity index (χ0n) is 12.8. The largest absolute Gasteiger partial charge is 0.390 e. The minimum atomic E-state index is -0.111. The number of benzene rings is 1. The van der Waals surface area contributed by atoms with Crippen LogP contribution in [0.25, 0.3) is 11.1 Å². The fourth-order valence-electron chi connectivity index (χ4n) is 3.14. The molecule has 0 radical (unpaired) electrons. The quantitative estimate of drug-likeness (QED) is 0.773. The number of hydrogen-bond acceptors (Lipinski definition) is 3. The van der Waals surface area contributed by atoms with Gasteiger partial charge in [-0.15, -0.1) is 11.3 Å². The number of carbonyl (C=O) groups is 1. The molecule has 1 aromatic carbocycles. The normalized spacial score (nSPS) is 15.1. The highest BCUT2D eigenvalue weighted by Crippen LogP contribution is 2.41. The highest BCUT2D eigenvalue weighted by Gasteiger charge is 2.26. The maximum absolute atomic E-state index is 12.8. The van der Waals surface area contributed by atoms with E-state index in [1.807, 2.05) is 13.0 Å². The summed E-state index contributed by atoms with van der Waals surface area (Å²) in [6.45, 7) is 1.95. The molecule has 0 aliphatic heterocycles. The van der Waals surface area contributed by atoms with Gasteiger partial charge >= 0.3 is 0 Å². The van der Waals surface area contributed by atoms with Gasteiger partial charge in [0.2, 0.25) is 0 Å². The molecule has 1 heterocycles. The number of halogens is 2. The Morgan fingerprint density at radius 1 is 1.30 bits per heavy atom. The first-order chi connectivity index (χ1) is 11.0. The van der Waals surface area contributed by atoms with E-state index in [2.05, 4.69) is 5.32 Å². The van der Waals surface area contributed by atoms with Crippen molar-refractivity contribution >= 4 is 45.4 Å². The van der Waals surface area contributed by atoms with Crippen molar-refractivity contribution in [3.8, 4) is 11.1 Å². The Morgan fingerprint density at radius 2 is 2.00 bits per heavy atom. The lowest BCUT2D eigenvalue weighted by atomic mass is 10.0. The summed E-state index contributed by atoms with van der Waals surface area (Å²) < 4.78 is 0. The molecule has 1 fully saturated rings. The maximum Gasteiger partial charge on any atom is 0.255 e. The van der Waals surface area contributed by atoms with Crippen LogP contribution in [0.15, 0.2) is 18.2 Å². The van der Waals surface area contributed by atoms with E-state index in [9.17, 15) is 4.79 Å². The minimum absolute atomic E-state index is 0.111. The fourth-order valence-corrected chi connectivity index (χ4v) is 4.58. The molecule has 6 heteroatoms. The number of amides is 1. The Bertz CT molecular complexity index is 751. The van der Waals surface area contributed by atoms with Gasteiger partial charge in [0.25, 0.3) is 5.91 Å². The SMILES string of the molecule is Cc1sc(N)c(C(=O)NC2CCCC2)c1-c1ccc(Cl)cc1Cl. The molecular formula is C17H18Cl2N2OS. The van der Waals surface area contributed by atoms with E-state index in [1.54, 1.807) is 12.1 Å². The second-order valence-corrected chi connectivity index (χ2v) is 7.95. The topological polar surface area (TPSA) is 55.1 Å². The molecule has 1 saturated carbocycles. The number of thiophene rings is 1. The van der Waals surface area contributed by atoms with Crippen molar-refractivity contribution < 1.29 is 4.79 Å². The zero-order valence-corrected chi connectivity index (χ0v) is 15.1. The van der Waals surface area contributed by atoms with Crippen molar-refractivity contribution in [2.45, 2.75) is 38.6 Å². The average Bonchev–Trinajstić information content (AvgIpc) is 3.07. The second-order valence-electron chi connectivity index (χ2n) is 5.85. The molecule has 0 bridgehead atoms. The van der Waals surface area contributed by atoms with Gasteiger partial charge in [-0.1, -0.05) is 42.1 Å². The smallest absolute Gasteiger partial charge is 0.255 e. The van der Waals surface area contributed by atoms with E-state index in [1.165, 1.54) is 24.2 Å². The molecule has 1 aliphatic carbocycles. The summed E-state index contributed by atoms with van der Waals surface area (Å²) >= 11 is 13.7. The first kappa shape index (κ1) is 16.6. The Labute approximate surface area is 149 Å². The third-order valence-electron chi connectivity index (χ3n) is 4.23. The van der Waals surface area contributed by atoms with Crippen LogP contribution >= 0.6 is 34.5 Å². The summed E-state index contributed by atoms with van der Waals surface area (Å²) in [6, 6.07) is 5.54. The van der Waals surface area contributed by atoms with Crippen molar-refractivity contribution in [1.29, 1.82) is 0 Å². The molecule has 23 heavy (non-hydrogen) atoms. The molecule has 0 unspecified atom stereocenters. The van der Waals surface area contributed by atoms with E-state index in [0.717, 1.165) is 28.8 Å². The molecule has 3 nitrogen and oxygen atoms in total. The van der Waals surface area contributed by atoms with Crippen LogP contribution in [0.5, 0.6) is 0 Å². The standard InChI is InChI=1S/C17H18Cl2N2OS/c1-9-14(12-7-6-10(18)8-13(12)19)15(16(20)23-9)17(22)21-11-4-2-3-5-11/h6-8,11H,2-5,20H2,1H3,(H,21,22). The number of nitrogens with two attached hydrogens (primary N) is 1. The predicted octanol–water partition coefficient (Wildman–Crippen LogP) is 5.28. The molecule has 122 valence electrons. The molecule has 3 rings (SSSR count). The van der Waals surface area contributed by atoms with Gasteiger partial charge in [-0.3, -0.25) is 4.79 Å². The first-order valence-electron chi connectivity index (χ1n) is 7.62. The van der Waals surface area contributed by atoms with Gasteiger partial charge in [0, 0.05) is 32.1 Å². The Morgan fingerprint density at radius 3 is 2.65 bits per heavy atom. The van der Waals surface area contributed by atoms with Gasteiger partial charge in [-0.2, -0.15) is 0 Å². The van der Waals surface area contributed by atoms with E-state index in [-0.39, 0.29) is 11.9 Å². The molecule has 3 N–H and O–H groups in total. The number of carbonyl (C=O) groups excluding carboxylic acids is 1. The highest BCUT2D eigenvalue weighted by molar-refractivity contribution is 7.16. The van der Waals surface area contributed by atoms with Crippen LogP contribution in [-0.2, 0) is 0 Å². The summed E-state index contributed by atoms with van der Waals surface area (Å²) in [5.41, 5.74) is 8.25. The van der Waals surface area contributed by atoms with Crippen LogP contribution in [0.1, 0.15) is 40.9 Å². The summed E-state index contributed by atoms with van der Waals surface area (Å²) in [5, 5.41) is 4.72. The molecule has 2 aromatic rings. The predicted molar refractivity (Wildman–Crippen MR) is 98.6 cm³/mol. The number of nitrogen functional groups attached to an aromatic ring is 1. The van der Waals surface area contributed by atoms with Crippen molar-refractivity contribution in [2.24, 2.45) is 0 Å². The third-order valence-corrected chi connectivity index (χ3v) is 5.71. The third kappa shape index (κ3) is 3.35. The Balaban J connectivity index is 2.02. The summed E-state index contributed by atoms with van der Waals surface area (Å²) in [6.07, 6.45) is 4.40. The number of aryl methyl sites for hydroxylation is 1. The van der Waals surface area contributed by atoms with Gasteiger partial charge in [-0.05, 0) is 31.9 Å². The molecule has 1 aliphatic rings. The molecule has 0 spiro atoms. The van der Waals surface area contributed by atoms with Crippen LogP contribution in [-0.4, -0.2) is 11.9 Å². The first-order valence-corrected chi connectivity index (χ1v) is 9.19. The Kier molecular flexibility index (Phi) is 4.85. The molecule has 1 amide bonds. The van der Waals surface area contributed by atoms with Gasteiger partial charge in [0.05, 0.1) is 10.6 Å². The average molecular weight is 369 g/mol. The van der Waals surface area contributed by atoms with Gasteiger partial charge in [-0.25, -0.2) is 0 Å². The van der Waals surface area contributed by atoms with Crippen molar-refractivity contribution in [3.63, 3.8) is 0 Å². The van der Waals surface area contributed by atoms with Crippen LogP contribution in [0.2, 0.25) is 10.0 Å². The summed E-state index contributed by atoms with van der Waals surface area (Å²) in [5.74, 6) is -0.111. The number of hydrogen-bond donors (Lipinski definition) is 2. The lowest BCUT2D eigenvalue weighted by Gasteiger charge is -2.14. The van der Waals surface area contributed by atoms with E-state index in [0.29, 0.717) is 20.6 Å². The van der Waals surface area contributed by atoms with Crippen LogP contribution in [0.3, 0.4) is 0 Å². The number of rotatable bonds is 3. The van der Waals surface area contributed by atoms with Crippen molar-refractivity contribution in [1.82, 2.24) is 5.32 Å². The van der Waals surface area contributed by atoms with Crippen LogP contribution in [0.4, 0.5) is 5.00 Å². The molecule has 0 atom stereocenters. The lowest BCUT2D eigenvalue weighted by Crippen LogP contribution is -2.33. The van der Waals surface area contributed by atoms with Gasteiger partial charge < -0.3 is 11.1 Å². The number of nitrogens with one attached hydrogen (secondary N) is 1. The van der Waals surface area contributed by atoms with Gasteiger partial charge in [0.15, 0.2) is 0 Å². The van der Waals surface area contributed by atoms with Crippen molar-refractivity contribution in [3.05, 3.63) is 38.7 Å². The monoisotopic (exact) mass is 368 g/mol. The molecular weight excluding hydrogens is 351 g/mol. The van der Waals surface area contributed by atoms with Crippen molar-refractivity contribution in [2.75, 3.05) is 5.73 Å². The van der Waals surface area contributed by atoms with Crippen LogP contribution < -0.4 is 11.1 Å². The number of anilines is 1. The van der Waals surface area contributed by atoms with Gasteiger partial charge in [0.1, 0.15) is 0 Å². The highest BCUT2D eigenvalue weighted by atomic mass is 35.5. The van der Waals surface area contributed by atoms with E-state index >= 15 is 0 Å². The lowest BCUT2D eigenvalue weighted by molar-refractivity contribution is 0.0940. The van der Waals surface area contributed by atoms with E-state index in [4.69, 9.17) is 28.9 Å². The Hall–Kier alpha value is -1.23. The molecule has 1 aromatic heterocycles. The van der Waals surface area contributed by atoms with E-state index < -0.39 is 0 Å². The molecule has 0 saturated heterocycles. The summed E-state index contributed by atoms with van der Waals surface area (Å²) in [4.78, 5) is 13.7. The fraction of sp³-hybridized carbons (Fsp3) is 0.353. The van der Waals surface area contributed by atoms with Crippen LogP contribution in [0, 0.1) is 6.92 Å². The second kappa shape index (κ2) is 6.71. The minimum Gasteiger partial charge on any atom is -0.390 e. The summed E-state index contributed by atoms with van der Waals surface area (Å²) in [7, 11) is 0. The maximum atomic E-state index is 12.8. The zero-order chi connectivity index (χ0) is 16.6.